The van der Waals surface area contributed by atoms with Gasteiger partial charge in [-0.25, -0.2) is 0 Å². The van der Waals surface area contributed by atoms with Crippen LogP contribution >= 0.6 is 0 Å². The standard InChI is InChI=1S/C22H26O3/c1-3-21(24-15-19-11-7-5-8-12-19)17-23-18-22(4-2)25-16-20-13-9-6-10-14-20/h3-14,21-22H,1-2,15-18H2. The third-order valence-electron chi connectivity index (χ3n) is 3.70. The van der Waals surface area contributed by atoms with Crippen molar-refractivity contribution in [1.82, 2.24) is 0 Å². The second-order valence-corrected chi connectivity index (χ2v) is 5.68. The molecule has 2 rings (SSSR count). The van der Waals surface area contributed by atoms with E-state index in [0.29, 0.717) is 26.4 Å². The summed E-state index contributed by atoms with van der Waals surface area (Å²) < 4.78 is 17.3. The summed E-state index contributed by atoms with van der Waals surface area (Å²) in [7, 11) is 0. The Morgan fingerprint density at radius 2 is 1.08 bits per heavy atom. The van der Waals surface area contributed by atoms with E-state index >= 15 is 0 Å². The van der Waals surface area contributed by atoms with Gasteiger partial charge in [0.2, 0.25) is 0 Å². The minimum Gasteiger partial charge on any atom is -0.375 e. The van der Waals surface area contributed by atoms with Gasteiger partial charge in [-0.3, -0.25) is 0 Å². The van der Waals surface area contributed by atoms with Crippen LogP contribution in [0.2, 0.25) is 0 Å². The molecule has 3 heteroatoms. The van der Waals surface area contributed by atoms with Gasteiger partial charge < -0.3 is 14.2 Å². The SMILES string of the molecule is C=CC(COCC(C=C)OCc1ccccc1)OCc1ccccc1. The highest BCUT2D eigenvalue weighted by atomic mass is 16.6. The Morgan fingerprint density at radius 1 is 0.680 bits per heavy atom. The number of benzene rings is 2. The average Bonchev–Trinajstić information content (AvgIpc) is 2.68. The third kappa shape index (κ3) is 7.48. The van der Waals surface area contributed by atoms with Gasteiger partial charge in [0.05, 0.1) is 38.6 Å². The fourth-order valence-electron chi connectivity index (χ4n) is 2.22. The number of hydrogen-bond acceptors (Lipinski definition) is 3. The van der Waals surface area contributed by atoms with Crippen LogP contribution in [0.4, 0.5) is 0 Å². The first-order valence-corrected chi connectivity index (χ1v) is 8.45. The van der Waals surface area contributed by atoms with Crippen molar-refractivity contribution in [3.63, 3.8) is 0 Å². The first-order valence-electron chi connectivity index (χ1n) is 8.45. The van der Waals surface area contributed by atoms with Gasteiger partial charge in [0.15, 0.2) is 0 Å². The van der Waals surface area contributed by atoms with Crippen molar-refractivity contribution in [3.05, 3.63) is 97.1 Å². The summed E-state index contributed by atoms with van der Waals surface area (Å²) in [4.78, 5) is 0. The largest absolute Gasteiger partial charge is 0.375 e. The van der Waals surface area contributed by atoms with Crippen molar-refractivity contribution in [1.29, 1.82) is 0 Å². The summed E-state index contributed by atoms with van der Waals surface area (Å²) in [6.07, 6.45) is 3.22. The maximum Gasteiger partial charge on any atom is 0.0991 e. The molecular formula is C22H26O3. The Kier molecular flexibility index (Phi) is 8.70. The molecule has 2 unspecified atom stereocenters. The first kappa shape index (κ1) is 19.1. The van der Waals surface area contributed by atoms with Gasteiger partial charge >= 0.3 is 0 Å². The lowest BCUT2D eigenvalue weighted by molar-refractivity contribution is -0.0384. The Bertz CT molecular complexity index is 554. The molecule has 132 valence electrons. The number of rotatable bonds is 12. The van der Waals surface area contributed by atoms with Gasteiger partial charge in [0.1, 0.15) is 0 Å². The number of ether oxygens (including phenoxy) is 3. The van der Waals surface area contributed by atoms with Crippen LogP contribution in [0.25, 0.3) is 0 Å². The van der Waals surface area contributed by atoms with Crippen molar-refractivity contribution < 1.29 is 14.2 Å². The molecule has 0 saturated heterocycles. The molecule has 2 atom stereocenters. The molecule has 0 fully saturated rings. The van der Waals surface area contributed by atoms with E-state index in [1.807, 2.05) is 60.7 Å². The molecule has 0 amide bonds. The molecule has 0 aliphatic carbocycles. The molecule has 0 aliphatic rings. The normalized spacial score (nSPS) is 13.1. The van der Waals surface area contributed by atoms with E-state index in [0.717, 1.165) is 11.1 Å². The molecule has 3 nitrogen and oxygen atoms in total. The second-order valence-electron chi connectivity index (χ2n) is 5.68. The number of hydrogen-bond donors (Lipinski definition) is 0. The quantitative estimate of drug-likeness (QED) is 0.532. The molecule has 0 heterocycles. The van der Waals surface area contributed by atoms with Gasteiger partial charge in [-0.15, -0.1) is 13.2 Å². The van der Waals surface area contributed by atoms with Crippen LogP contribution in [0.5, 0.6) is 0 Å². The Labute approximate surface area is 150 Å². The molecule has 0 aromatic heterocycles. The average molecular weight is 338 g/mol. The highest BCUT2D eigenvalue weighted by Crippen LogP contribution is 2.07. The van der Waals surface area contributed by atoms with Crippen molar-refractivity contribution in [2.24, 2.45) is 0 Å². The molecule has 0 aliphatic heterocycles. The summed E-state index contributed by atoms with van der Waals surface area (Å²) in [5, 5.41) is 0. The van der Waals surface area contributed by atoms with Crippen LogP contribution in [0.1, 0.15) is 11.1 Å². The zero-order valence-electron chi connectivity index (χ0n) is 14.6. The first-order chi connectivity index (χ1) is 12.3. The van der Waals surface area contributed by atoms with E-state index in [2.05, 4.69) is 13.2 Å². The predicted octanol–water partition coefficient (Wildman–Crippen LogP) is 4.55. The summed E-state index contributed by atoms with van der Waals surface area (Å²) in [5.41, 5.74) is 2.26. The smallest absolute Gasteiger partial charge is 0.0991 e. The fraction of sp³-hybridized carbons (Fsp3) is 0.273. The van der Waals surface area contributed by atoms with E-state index in [9.17, 15) is 0 Å². The van der Waals surface area contributed by atoms with Crippen LogP contribution < -0.4 is 0 Å². The fourth-order valence-corrected chi connectivity index (χ4v) is 2.22. The minimum atomic E-state index is -0.153. The van der Waals surface area contributed by atoms with Crippen molar-refractivity contribution in [2.75, 3.05) is 13.2 Å². The molecule has 0 radical (unpaired) electrons. The van der Waals surface area contributed by atoms with Crippen LogP contribution in [0.15, 0.2) is 86.0 Å². The van der Waals surface area contributed by atoms with Gasteiger partial charge in [-0.05, 0) is 11.1 Å². The Balaban J connectivity index is 1.67. The van der Waals surface area contributed by atoms with Crippen LogP contribution in [0.3, 0.4) is 0 Å². The summed E-state index contributed by atoms with van der Waals surface area (Å²) in [6.45, 7) is 9.58. The van der Waals surface area contributed by atoms with E-state index in [4.69, 9.17) is 14.2 Å². The maximum absolute atomic E-state index is 5.81. The monoisotopic (exact) mass is 338 g/mol. The third-order valence-corrected chi connectivity index (χ3v) is 3.70. The summed E-state index contributed by atoms with van der Waals surface area (Å²) >= 11 is 0. The van der Waals surface area contributed by atoms with Gasteiger partial charge in [-0.1, -0.05) is 72.8 Å². The van der Waals surface area contributed by atoms with E-state index < -0.39 is 0 Å². The van der Waals surface area contributed by atoms with Crippen LogP contribution in [0, 0.1) is 0 Å². The molecule has 25 heavy (non-hydrogen) atoms. The molecule has 2 aromatic rings. The topological polar surface area (TPSA) is 27.7 Å². The molecular weight excluding hydrogens is 312 g/mol. The predicted molar refractivity (Wildman–Crippen MR) is 101 cm³/mol. The minimum absolute atomic E-state index is 0.153. The molecule has 0 N–H and O–H groups in total. The Morgan fingerprint density at radius 3 is 1.44 bits per heavy atom. The summed E-state index contributed by atoms with van der Waals surface area (Å²) in [5.74, 6) is 0. The van der Waals surface area contributed by atoms with Crippen LogP contribution in [-0.2, 0) is 27.4 Å². The van der Waals surface area contributed by atoms with Crippen molar-refractivity contribution in [2.45, 2.75) is 25.4 Å². The lowest BCUT2D eigenvalue weighted by Gasteiger charge is -2.18. The molecule has 0 saturated carbocycles. The van der Waals surface area contributed by atoms with Gasteiger partial charge in [0.25, 0.3) is 0 Å². The van der Waals surface area contributed by atoms with E-state index in [-0.39, 0.29) is 12.2 Å². The van der Waals surface area contributed by atoms with Gasteiger partial charge in [0, 0.05) is 0 Å². The van der Waals surface area contributed by atoms with Gasteiger partial charge in [-0.2, -0.15) is 0 Å². The lowest BCUT2D eigenvalue weighted by Crippen LogP contribution is -2.23. The highest BCUT2D eigenvalue weighted by Gasteiger charge is 2.09. The Hall–Kier alpha value is -2.20. The van der Waals surface area contributed by atoms with E-state index in [1.54, 1.807) is 12.2 Å². The molecule has 2 aromatic carbocycles. The zero-order valence-corrected chi connectivity index (χ0v) is 14.6. The second kappa shape index (κ2) is 11.4. The lowest BCUT2D eigenvalue weighted by atomic mass is 10.2. The summed E-state index contributed by atoms with van der Waals surface area (Å²) in [6, 6.07) is 20.1. The molecule has 0 bridgehead atoms. The highest BCUT2D eigenvalue weighted by molar-refractivity contribution is 5.14. The van der Waals surface area contributed by atoms with Crippen molar-refractivity contribution >= 4 is 0 Å². The van der Waals surface area contributed by atoms with Crippen LogP contribution in [-0.4, -0.2) is 25.4 Å². The van der Waals surface area contributed by atoms with Crippen molar-refractivity contribution in [3.8, 4) is 0 Å². The molecule has 0 spiro atoms. The maximum atomic E-state index is 5.81. The zero-order chi connectivity index (χ0) is 17.7. The van der Waals surface area contributed by atoms with E-state index in [1.165, 1.54) is 0 Å².